The van der Waals surface area contributed by atoms with Crippen molar-refractivity contribution in [2.75, 3.05) is 13.6 Å². The van der Waals surface area contributed by atoms with Gasteiger partial charge in [0.1, 0.15) is 0 Å². The van der Waals surface area contributed by atoms with Gasteiger partial charge in [0.2, 0.25) is 0 Å². The molecule has 2 atom stereocenters. The van der Waals surface area contributed by atoms with Gasteiger partial charge in [-0.2, -0.15) is 0 Å². The van der Waals surface area contributed by atoms with E-state index in [4.69, 9.17) is 5.73 Å². The zero-order valence-electron chi connectivity index (χ0n) is 20.0. The van der Waals surface area contributed by atoms with Crippen LogP contribution >= 0.6 is 9.24 Å². The lowest BCUT2D eigenvalue weighted by Crippen LogP contribution is -2.34. The van der Waals surface area contributed by atoms with E-state index < -0.39 is 0 Å². The lowest BCUT2D eigenvalue weighted by molar-refractivity contribution is -0.119. The number of nitrogens with zero attached hydrogens (tertiary/aromatic N) is 1. The Bertz CT molecular complexity index is 1030. The Kier molecular flexibility index (Phi) is 11.1. The van der Waals surface area contributed by atoms with E-state index in [0.29, 0.717) is 25.2 Å². The molecule has 0 aliphatic carbocycles. The maximum absolute atomic E-state index is 12.4. The largest absolute Gasteiger partial charge is 0.386 e. The van der Waals surface area contributed by atoms with Crippen molar-refractivity contribution in [3.8, 4) is 11.1 Å². The second kappa shape index (κ2) is 14.0. The normalized spacial score (nSPS) is 12.3. The van der Waals surface area contributed by atoms with Gasteiger partial charge in [0.25, 0.3) is 5.91 Å². The minimum Gasteiger partial charge on any atom is -0.386 e. The van der Waals surface area contributed by atoms with Crippen molar-refractivity contribution in [1.82, 2.24) is 15.5 Å². The summed E-state index contributed by atoms with van der Waals surface area (Å²) in [5.74, 6) is 0.0475. The molecule has 0 aliphatic heterocycles. The van der Waals surface area contributed by atoms with Crippen LogP contribution in [0.2, 0.25) is 0 Å². The summed E-state index contributed by atoms with van der Waals surface area (Å²) in [4.78, 5) is 25.9. The second-order valence-corrected chi connectivity index (χ2v) is 8.91. The molecule has 180 valence electrons. The Morgan fingerprint density at radius 1 is 1.21 bits per heavy atom. The first kappa shape index (κ1) is 26.9. The third-order valence-corrected chi connectivity index (χ3v) is 5.59. The number of rotatable bonds is 13. The predicted molar refractivity (Wildman–Crippen MR) is 144 cm³/mol. The van der Waals surface area contributed by atoms with Gasteiger partial charge in [-0.25, -0.2) is 0 Å². The number of carbonyl (C=O) groups is 2. The van der Waals surface area contributed by atoms with Crippen molar-refractivity contribution in [1.29, 1.82) is 0 Å². The van der Waals surface area contributed by atoms with Crippen LogP contribution in [0.1, 0.15) is 25.3 Å². The quantitative estimate of drug-likeness (QED) is 0.0783. The minimum absolute atomic E-state index is 0.0628. The summed E-state index contributed by atoms with van der Waals surface area (Å²) in [5.41, 5.74) is 9.08. The second-order valence-electron chi connectivity index (χ2n) is 8.24. The van der Waals surface area contributed by atoms with Crippen molar-refractivity contribution < 1.29 is 9.59 Å². The molecule has 2 unspecified atom stereocenters. The molecule has 34 heavy (non-hydrogen) atoms. The molecule has 0 saturated carbocycles. The molecule has 0 radical (unpaired) electrons. The Morgan fingerprint density at radius 3 is 2.59 bits per heavy atom. The van der Waals surface area contributed by atoms with E-state index in [1.54, 1.807) is 6.08 Å². The SMILES string of the molecule is C=C(N)NCCCC(C)NC(=O)/C(C=O)=C/C=C\N(C)Cc1ccccc1-c1ccc(P)cc1. The van der Waals surface area contributed by atoms with Gasteiger partial charge in [0.05, 0.1) is 11.4 Å². The number of benzene rings is 2. The van der Waals surface area contributed by atoms with Crippen molar-refractivity contribution in [3.05, 3.63) is 90.4 Å². The number of carbonyl (C=O) groups excluding carboxylic acids is 2. The van der Waals surface area contributed by atoms with E-state index in [1.807, 2.05) is 37.2 Å². The summed E-state index contributed by atoms with van der Waals surface area (Å²) in [5, 5.41) is 6.95. The van der Waals surface area contributed by atoms with Gasteiger partial charge in [-0.05, 0) is 60.1 Å². The molecular formula is C27H35N4O2P. The first-order valence-corrected chi connectivity index (χ1v) is 11.8. The number of allylic oxidation sites excluding steroid dienone is 2. The van der Waals surface area contributed by atoms with Crippen LogP contribution < -0.4 is 21.7 Å². The highest BCUT2D eigenvalue weighted by molar-refractivity contribution is 7.27. The van der Waals surface area contributed by atoms with Crippen molar-refractivity contribution in [2.24, 2.45) is 5.73 Å². The molecule has 4 N–H and O–H groups in total. The van der Waals surface area contributed by atoms with Crippen LogP contribution in [0.3, 0.4) is 0 Å². The first-order valence-electron chi connectivity index (χ1n) is 11.3. The van der Waals surface area contributed by atoms with Crippen LogP contribution in [0.25, 0.3) is 11.1 Å². The molecule has 0 spiro atoms. The number of hydrogen-bond acceptors (Lipinski definition) is 5. The smallest absolute Gasteiger partial charge is 0.254 e. The molecule has 1 amide bonds. The van der Waals surface area contributed by atoms with Gasteiger partial charge in [0, 0.05) is 26.2 Å². The van der Waals surface area contributed by atoms with Crippen molar-refractivity contribution >= 4 is 26.7 Å². The van der Waals surface area contributed by atoms with E-state index >= 15 is 0 Å². The molecule has 0 bridgehead atoms. The molecule has 7 heteroatoms. The topological polar surface area (TPSA) is 87.5 Å². The Balaban J connectivity index is 1.94. The average Bonchev–Trinajstić information content (AvgIpc) is 2.80. The third-order valence-electron chi connectivity index (χ3n) is 5.21. The first-order chi connectivity index (χ1) is 16.3. The van der Waals surface area contributed by atoms with E-state index in [-0.39, 0.29) is 17.5 Å². The molecule has 2 rings (SSSR count). The summed E-state index contributed by atoms with van der Waals surface area (Å²) >= 11 is 0. The van der Waals surface area contributed by atoms with Gasteiger partial charge in [-0.3, -0.25) is 9.59 Å². The van der Waals surface area contributed by atoms with E-state index in [9.17, 15) is 9.59 Å². The summed E-state index contributed by atoms with van der Waals surface area (Å²) in [6.07, 6.45) is 7.28. The zero-order valence-corrected chi connectivity index (χ0v) is 21.1. The summed E-state index contributed by atoms with van der Waals surface area (Å²) < 4.78 is 0. The monoisotopic (exact) mass is 478 g/mol. The van der Waals surface area contributed by atoms with E-state index in [0.717, 1.165) is 23.7 Å². The van der Waals surface area contributed by atoms with Gasteiger partial charge in [-0.15, -0.1) is 9.24 Å². The summed E-state index contributed by atoms with van der Waals surface area (Å²) in [7, 11) is 4.66. The fourth-order valence-corrected chi connectivity index (χ4v) is 3.61. The molecule has 0 aliphatic rings. The minimum atomic E-state index is -0.381. The van der Waals surface area contributed by atoms with Crippen molar-refractivity contribution in [3.63, 3.8) is 0 Å². The maximum atomic E-state index is 12.4. The lowest BCUT2D eigenvalue weighted by Gasteiger charge is -2.17. The third kappa shape index (κ3) is 9.24. The number of aldehydes is 1. The molecule has 0 heterocycles. The maximum Gasteiger partial charge on any atom is 0.254 e. The van der Waals surface area contributed by atoms with Crippen LogP contribution in [-0.4, -0.2) is 36.7 Å². The lowest BCUT2D eigenvalue weighted by atomic mass is 9.99. The Labute approximate surface area is 205 Å². The number of hydrogen-bond donors (Lipinski definition) is 3. The highest BCUT2D eigenvalue weighted by atomic mass is 31.0. The van der Waals surface area contributed by atoms with E-state index in [1.165, 1.54) is 17.2 Å². The highest BCUT2D eigenvalue weighted by Gasteiger charge is 2.11. The van der Waals surface area contributed by atoms with Crippen molar-refractivity contribution in [2.45, 2.75) is 32.4 Å². The van der Waals surface area contributed by atoms with Crippen LogP contribution in [0.4, 0.5) is 0 Å². The Morgan fingerprint density at radius 2 is 1.91 bits per heavy atom. The van der Waals surface area contributed by atoms with Crippen LogP contribution in [0.5, 0.6) is 0 Å². The molecule has 6 nitrogen and oxygen atoms in total. The summed E-state index contributed by atoms with van der Waals surface area (Å²) in [6, 6.07) is 16.6. The molecule has 0 aromatic heterocycles. The van der Waals surface area contributed by atoms with Crippen LogP contribution in [0, 0.1) is 0 Å². The number of nitrogens with one attached hydrogen (secondary N) is 2. The number of nitrogens with two attached hydrogens (primary N) is 1. The molecule has 2 aromatic carbocycles. The molecule has 0 fully saturated rings. The fourth-order valence-electron chi connectivity index (χ4n) is 3.42. The predicted octanol–water partition coefficient (Wildman–Crippen LogP) is 3.23. The van der Waals surface area contributed by atoms with Crippen LogP contribution in [-0.2, 0) is 16.1 Å². The zero-order chi connectivity index (χ0) is 24.9. The van der Waals surface area contributed by atoms with Gasteiger partial charge in [0.15, 0.2) is 6.29 Å². The molecular weight excluding hydrogens is 443 g/mol. The van der Waals surface area contributed by atoms with E-state index in [2.05, 4.69) is 62.9 Å². The van der Waals surface area contributed by atoms with Gasteiger partial charge in [-0.1, -0.05) is 55.1 Å². The summed E-state index contributed by atoms with van der Waals surface area (Å²) in [6.45, 7) is 6.86. The molecule has 2 aromatic rings. The van der Waals surface area contributed by atoms with Gasteiger partial charge >= 0.3 is 0 Å². The number of amides is 1. The highest BCUT2D eigenvalue weighted by Crippen LogP contribution is 2.24. The Hall–Kier alpha value is -3.37. The average molecular weight is 479 g/mol. The van der Waals surface area contributed by atoms with Crippen LogP contribution in [0.15, 0.2) is 84.9 Å². The van der Waals surface area contributed by atoms with Gasteiger partial charge < -0.3 is 21.3 Å². The fraction of sp³-hybridized carbons (Fsp3) is 0.259. The standard InChI is InChI=1S/C27H35N4O2P/c1-20(8-6-16-29-21(2)28)30-27(33)24(19-32)10-7-17-31(3)18-23-9-4-5-11-26(23)22-12-14-25(34)15-13-22/h4-5,7,9-15,17,19-20,29H,2,6,8,16,18,28,34H2,1,3H3,(H,30,33)/b17-7-,24-10+. The molecule has 0 saturated heterocycles.